The zero-order valence-electron chi connectivity index (χ0n) is 15.9. The zero-order chi connectivity index (χ0) is 19.8. The number of nitrogens with one attached hydrogen (secondary N) is 1. The molecule has 1 amide bonds. The Bertz CT molecular complexity index is 812. The third kappa shape index (κ3) is 5.18. The Hall–Kier alpha value is -3.18. The maximum atomic E-state index is 13.0. The molecule has 0 unspecified atom stereocenters. The molecule has 0 atom stereocenters. The highest BCUT2D eigenvalue weighted by Crippen LogP contribution is 2.22. The largest absolute Gasteiger partial charge is 0.448 e. The van der Waals surface area contributed by atoms with Gasteiger partial charge in [0.15, 0.2) is 5.78 Å². The number of nitrogens with zero attached hydrogens (tertiary/aromatic N) is 1. The van der Waals surface area contributed by atoms with E-state index < -0.39 is 6.09 Å². The summed E-state index contributed by atoms with van der Waals surface area (Å²) in [5.41, 5.74) is 3.00. The Morgan fingerprint density at radius 2 is 1.46 bits per heavy atom. The van der Waals surface area contributed by atoms with Crippen LogP contribution in [0.15, 0.2) is 71.8 Å². The third-order valence-corrected chi connectivity index (χ3v) is 4.42. The lowest BCUT2D eigenvalue weighted by Gasteiger charge is -2.29. The van der Waals surface area contributed by atoms with E-state index in [2.05, 4.69) is 5.32 Å². The molecule has 1 fully saturated rings. The molecule has 28 heavy (non-hydrogen) atoms. The average Bonchev–Trinajstić information content (AvgIpc) is 2.72. The van der Waals surface area contributed by atoms with Gasteiger partial charge in [-0.2, -0.15) is 0 Å². The number of likely N-dealkylation sites (tertiary alicyclic amines) is 1. The molecule has 0 aromatic heterocycles. The Balaban J connectivity index is 1.89. The van der Waals surface area contributed by atoms with E-state index in [-0.39, 0.29) is 25.5 Å². The van der Waals surface area contributed by atoms with Gasteiger partial charge in [0.05, 0.1) is 13.1 Å². The number of hydrogen-bond acceptors (Lipinski definition) is 4. The predicted octanol–water partition coefficient (Wildman–Crippen LogP) is 3.39. The monoisotopic (exact) mass is 376 g/mol. The number of benzene rings is 2. The molecule has 2 aromatic carbocycles. The second kappa shape index (κ2) is 9.67. The number of ether oxygens (including phenoxy) is 1. The second-order valence-electron chi connectivity index (χ2n) is 6.56. The number of piperidine rings is 1. The van der Waals surface area contributed by atoms with Crippen molar-refractivity contribution in [2.75, 3.05) is 33.3 Å². The van der Waals surface area contributed by atoms with E-state index in [0.717, 1.165) is 11.1 Å². The average molecular weight is 376 g/mol. The molecule has 1 aliphatic heterocycles. The van der Waals surface area contributed by atoms with Crippen LogP contribution in [0.5, 0.6) is 0 Å². The SMILES string of the molecule is CNCCOC(=O)N1C/C(=C\c2ccccc2)C(=O)/C(=C/c2ccccc2)C1. The molecule has 1 saturated heterocycles. The minimum Gasteiger partial charge on any atom is -0.448 e. The minimum atomic E-state index is -0.416. The lowest BCUT2D eigenvalue weighted by Crippen LogP contribution is -2.42. The van der Waals surface area contributed by atoms with Crippen LogP contribution in [0.2, 0.25) is 0 Å². The molecule has 5 nitrogen and oxygen atoms in total. The first-order chi connectivity index (χ1) is 13.7. The van der Waals surface area contributed by atoms with E-state index in [9.17, 15) is 9.59 Å². The van der Waals surface area contributed by atoms with E-state index in [0.29, 0.717) is 17.7 Å². The number of Topliss-reactive ketones (excluding diaryl/α,β-unsaturated/α-hetero) is 1. The van der Waals surface area contributed by atoms with Crippen molar-refractivity contribution < 1.29 is 14.3 Å². The molecule has 1 N–H and O–H groups in total. The molecule has 2 aromatic rings. The first-order valence-electron chi connectivity index (χ1n) is 9.29. The number of carbonyl (C=O) groups excluding carboxylic acids is 2. The molecule has 1 heterocycles. The van der Waals surface area contributed by atoms with Crippen LogP contribution in [0.4, 0.5) is 4.79 Å². The predicted molar refractivity (Wildman–Crippen MR) is 111 cm³/mol. The highest BCUT2D eigenvalue weighted by Gasteiger charge is 2.29. The van der Waals surface area contributed by atoms with Gasteiger partial charge in [-0.15, -0.1) is 0 Å². The van der Waals surface area contributed by atoms with Crippen molar-refractivity contribution in [3.05, 3.63) is 82.9 Å². The number of amides is 1. The second-order valence-corrected chi connectivity index (χ2v) is 6.56. The molecular weight excluding hydrogens is 352 g/mol. The van der Waals surface area contributed by atoms with Crippen molar-refractivity contribution in [2.45, 2.75) is 0 Å². The molecule has 0 bridgehead atoms. The fourth-order valence-electron chi connectivity index (χ4n) is 3.00. The van der Waals surface area contributed by atoms with Gasteiger partial charge in [0.2, 0.25) is 0 Å². The summed E-state index contributed by atoms with van der Waals surface area (Å²) in [4.78, 5) is 27.1. The van der Waals surface area contributed by atoms with Gasteiger partial charge in [0.1, 0.15) is 6.61 Å². The Morgan fingerprint density at radius 1 is 0.964 bits per heavy atom. The van der Waals surface area contributed by atoms with Gasteiger partial charge >= 0.3 is 6.09 Å². The number of carbonyl (C=O) groups is 2. The highest BCUT2D eigenvalue weighted by molar-refractivity contribution is 6.15. The van der Waals surface area contributed by atoms with Gasteiger partial charge in [-0.05, 0) is 30.3 Å². The molecule has 0 saturated carbocycles. The van der Waals surface area contributed by atoms with Gasteiger partial charge in [0, 0.05) is 17.7 Å². The van der Waals surface area contributed by atoms with E-state index >= 15 is 0 Å². The third-order valence-electron chi connectivity index (χ3n) is 4.42. The van der Waals surface area contributed by atoms with Crippen LogP contribution in [0.1, 0.15) is 11.1 Å². The zero-order valence-corrected chi connectivity index (χ0v) is 15.9. The summed E-state index contributed by atoms with van der Waals surface area (Å²) in [6, 6.07) is 19.3. The van der Waals surface area contributed by atoms with Gasteiger partial charge in [0.25, 0.3) is 0 Å². The van der Waals surface area contributed by atoms with Crippen molar-refractivity contribution in [3.8, 4) is 0 Å². The van der Waals surface area contributed by atoms with E-state index in [1.165, 1.54) is 0 Å². The van der Waals surface area contributed by atoms with Crippen LogP contribution < -0.4 is 5.32 Å². The fraction of sp³-hybridized carbons (Fsp3) is 0.217. The van der Waals surface area contributed by atoms with Crippen molar-refractivity contribution >= 4 is 24.0 Å². The van der Waals surface area contributed by atoms with Crippen LogP contribution in [0, 0.1) is 0 Å². The van der Waals surface area contributed by atoms with Crippen LogP contribution in [-0.2, 0) is 9.53 Å². The molecule has 144 valence electrons. The fourth-order valence-corrected chi connectivity index (χ4v) is 3.00. The Labute approximate surface area is 165 Å². The first kappa shape index (κ1) is 19.6. The van der Waals surface area contributed by atoms with Crippen molar-refractivity contribution in [1.29, 1.82) is 0 Å². The Morgan fingerprint density at radius 3 is 1.93 bits per heavy atom. The molecule has 5 heteroatoms. The van der Waals surface area contributed by atoms with Crippen LogP contribution in [-0.4, -0.2) is 50.1 Å². The standard InChI is InChI=1S/C23H24N2O3/c1-24-12-13-28-23(27)25-16-20(14-18-8-4-2-5-9-18)22(26)21(17-25)15-19-10-6-3-7-11-19/h2-11,14-15,24H,12-13,16-17H2,1H3/b20-14+,21-15+. The van der Waals surface area contributed by atoms with Gasteiger partial charge in [-0.1, -0.05) is 60.7 Å². The maximum absolute atomic E-state index is 13.0. The summed E-state index contributed by atoms with van der Waals surface area (Å²) < 4.78 is 5.31. The van der Waals surface area contributed by atoms with Gasteiger partial charge < -0.3 is 10.1 Å². The summed E-state index contributed by atoms with van der Waals surface area (Å²) in [7, 11) is 1.80. The molecular formula is C23H24N2O3. The van der Waals surface area contributed by atoms with Crippen LogP contribution in [0.25, 0.3) is 12.2 Å². The number of rotatable bonds is 5. The Kier molecular flexibility index (Phi) is 6.76. The topological polar surface area (TPSA) is 58.6 Å². The van der Waals surface area contributed by atoms with Crippen molar-refractivity contribution in [3.63, 3.8) is 0 Å². The summed E-state index contributed by atoms with van der Waals surface area (Å²) in [5.74, 6) is -0.0352. The van der Waals surface area contributed by atoms with E-state index in [4.69, 9.17) is 4.74 Å². The smallest absolute Gasteiger partial charge is 0.410 e. The van der Waals surface area contributed by atoms with Crippen LogP contribution >= 0.6 is 0 Å². The molecule has 1 aliphatic rings. The minimum absolute atomic E-state index is 0.0352. The summed E-state index contributed by atoms with van der Waals surface area (Å²) in [5, 5.41) is 2.94. The highest BCUT2D eigenvalue weighted by atomic mass is 16.6. The van der Waals surface area contributed by atoms with Crippen molar-refractivity contribution in [1.82, 2.24) is 10.2 Å². The first-order valence-corrected chi connectivity index (χ1v) is 9.29. The quantitative estimate of drug-likeness (QED) is 0.642. The van der Waals surface area contributed by atoms with Gasteiger partial charge in [-0.25, -0.2) is 4.79 Å². The number of ketones is 1. The molecule has 0 spiro atoms. The maximum Gasteiger partial charge on any atom is 0.410 e. The normalized spacial score (nSPS) is 17.2. The molecule has 3 rings (SSSR count). The van der Waals surface area contributed by atoms with Crippen LogP contribution in [0.3, 0.4) is 0 Å². The lowest BCUT2D eigenvalue weighted by atomic mass is 9.94. The van der Waals surface area contributed by atoms with E-state index in [1.807, 2.05) is 72.8 Å². The summed E-state index contributed by atoms with van der Waals surface area (Å²) >= 11 is 0. The lowest BCUT2D eigenvalue weighted by molar-refractivity contribution is -0.113. The van der Waals surface area contributed by atoms with E-state index in [1.54, 1.807) is 11.9 Å². The van der Waals surface area contributed by atoms with Gasteiger partial charge in [-0.3, -0.25) is 9.69 Å². The molecule has 0 aliphatic carbocycles. The number of likely N-dealkylation sites (N-methyl/N-ethyl adjacent to an activating group) is 1. The molecule has 0 radical (unpaired) electrons. The number of hydrogen-bond donors (Lipinski definition) is 1. The summed E-state index contributed by atoms with van der Waals surface area (Å²) in [6.07, 6.45) is 3.27. The summed E-state index contributed by atoms with van der Waals surface area (Å²) in [6.45, 7) is 1.34. The van der Waals surface area contributed by atoms with Crippen molar-refractivity contribution in [2.24, 2.45) is 0 Å².